The van der Waals surface area contributed by atoms with Crippen molar-refractivity contribution in [3.05, 3.63) is 86.0 Å². The van der Waals surface area contributed by atoms with Crippen LogP contribution in [0, 0.1) is 0 Å². The van der Waals surface area contributed by atoms with Crippen LogP contribution in [0.2, 0.25) is 5.04 Å². The third-order valence-electron chi connectivity index (χ3n) is 4.70. The second kappa shape index (κ2) is 10.6. The second-order valence-corrected chi connectivity index (χ2v) is 12.0. The summed E-state index contributed by atoms with van der Waals surface area (Å²) in [5, 5.41) is 4.36. The van der Waals surface area contributed by atoms with Gasteiger partial charge in [0.15, 0.2) is 0 Å². The van der Waals surface area contributed by atoms with E-state index in [1.807, 2.05) is 60.7 Å². The highest BCUT2D eigenvalue weighted by Crippen LogP contribution is 2.36. The molecule has 2 aromatic carbocycles. The van der Waals surface area contributed by atoms with E-state index in [9.17, 15) is 0 Å². The summed E-state index contributed by atoms with van der Waals surface area (Å²) in [4.78, 5) is 0. The maximum absolute atomic E-state index is 9.01. The molecule has 3 heteroatoms. The van der Waals surface area contributed by atoms with Gasteiger partial charge < -0.3 is 9.74 Å². The molecule has 0 aliphatic carbocycles. The minimum atomic E-state index is -3.16. The molecule has 0 radical (unpaired) electrons. The predicted molar refractivity (Wildman–Crippen MR) is 125 cm³/mol. The third-order valence-corrected chi connectivity index (χ3v) is 9.53. The standard InChI is InChI=1S/C25H35NOSi/c1-6-8-20-26-22(15-7-2)21-27-28(25(3,4)5,23-16-11-9-12-17-23)24-18-13-10-14-19-24/h6-7,9-14,16-19,22,26H,1-2,8,15,20-21H2,3-5H3/t22-/m0/s1/i20D2,21D2. The van der Waals surface area contributed by atoms with Gasteiger partial charge in [-0.1, -0.05) is 93.6 Å². The van der Waals surface area contributed by atoms with Crippen LogP contribution < -0.4 is 15.7 Å². The van der Waals surface area contributed by atoms with Crippen molar-refractivity contribution in [2.45, 2.75) is 44.7 Å². The largest absolute Gasteiger partial charge is 0.406 e. The Labute approximate surface area is 178 Å². The first-order valence-corrected chi connectivity index (χ1v) is 11.6. The molecule has 150 valence electrons. The SMILES string of the molecule is [2H]C([2H])(CC=C)N[C@@H](CC=C)C([2H])([2H])O[Si](c1ccccc1)(c1ccccc1)C(C)(C)C. The molecule has 2 rings (SSSR count). The Morgan fingerprint density at radius 2 is 1.54 bits per heavy atom. The van der Waals surface area contributed by atoms with Gasteiger partial charge in [0, 0.05) is 8.78 Å². The highest BCUT2D eigenvalue weighted by Gasteiger charge is 2.50. The van der Waals surface area contributed by atoms with Crippen LogP contribution in [0.1, 0.15) is 39.1 Å². The summed E-state index contributed by atoms with van der Waals surface area (Å²) >= 11 is 0. The fourth-order valence-electron chi connectivity index (χ4n) is 3.37. The summed E-state index contributed by atoms with van der Waals surface area (Å²) in [6, 6.07) is 18.8. The molecule has 0 aromatic heterocycles. The summed E-state index contributed by atoms with van der Waals surface area (Å²) in [5.41, 5.74) is 0. The van der Waals surface area contributed by atoms with Gasteiger partial charge in [-0.25, -0.2) is 0 Å². The number of hydrogen-bond acceptors (Lipinski definition) is 2. The number of rotatable bonds is 11. The van der Waals surface area contributed by atoms with E-state index in [0.717, 1.165) is 10.4 Å². The van der Waals surface area contributed by atoms with Gasteiger partial charge in [0.2, 0.25) is 0 Å². The third kappa shape index (κ3) is 5.31. The van der Waals surface area contributed by atoms with Gasteiger partial charge in [-0.2, -0.15) is 0 Å². The van der Waals surface area contributed by atoms with Crippen molar-refractivity contribution in [3.8, 4) is 0 Å². The Kier molecular flexibility index (Phi) is 6.40. The predicted octanol–water partition coefficient (Wildman–Crippen LogP) is 4.67. The first-order chi connectivity index (χ1) is 14.9. The summed E-state index contributed by atoms with van der Waals surface area (Å²) in [6.45, 7) is 9.63. The molecule has 2 nitrogen and oxygen atoms in total. The van der Waals surface area contributed by atoms with E-state index in [0.29, 0.717) is 0 Å². The van der Waals surface area contributed by atoms with Crippen molar-refractivity contribution in [1.82, 2.24) is 5.32 Å². The number of benzene rings is 2. The zero-order valence-corrected chi connectivity index (χ0v) is 18.2. The fraction of sp³-hybridized carbons (Fsp3) is 0.360. The van der Waals surface area contributed by atoms with E-state index in [-0.39, 0.29) is 12.8 Å². The van der Waals surface area contributed by atoms with E-state index in [2.05, 4.69) is 39.2 Å². The lowest BCUT2D eigenvalue weighted by atomic mass is 10.2. The van der Waals surface area contributed by atoms with Crippen molar-refractivity contribution in [2.24, 2.45) is 0 Å². The minimum Gasteiger partial charge on any atom is -0.406 e. The van der Waals surface area contributed by atoms with E-state index < -0.39 is 32.5 Å². The van der Waals surface area contributed by atoms with Gasteiger partial charge in [0.05, 0.1) is 9.30 Å². The van der Waals surface area contributed by atoms with Crippen molar-refractivity contribution in [1.29, 1.82) is 0 Å². The van der Waals surface area contributed by atoms with Gasteiger partial charge in [-0.05, 0) is 34.8 Å². The molecule has 1 N–H and O–H groups in total. The molecule has 28 heavy (non-hydrogen) atoms. The van der Waals surface area contributed by atoms with Crippen molar-refractivity contribution in [2.75, 3.05) is 13.1 Å². The van der Waals surface area contributed by atoms with Crippen LogP contribution in [-0.2, 0) is 4.43 Å². The highest BCUT2D eigenvalue weighted by atomic mass is 28.4. The lowest BCUT2D eigenvalue weighted by molar-refractivity contribution is 0.251. The lowest BCUT2D eigenvalue weighted by Gasteiger charge is -2.43. The monoisotopic (exact) mass is 397 g/mol. The van der Waals surface area contributed by atoms with E-state index in [1.54, 1.807) is 6.08 Å². The van der Waals surface area contributed by atoms with Crippen LogP contribution in [0.5, 0.6) is 0 Å². The molecule has 0 heterocycles. The van der Waals surface area contributed by atoms with Crippen LogP contribution in [0.3, 0.4) is 0 Å². The minimum absolute atomic E-state index is 0.0515. The molecular weight excluding hydrogens is 358 g/mol. The zero-order valence-electron chi connectivity index (χ0n) is 21.2. The molecule has 0 unspecified atom stereocenters. The Bertz CT molecular complexity index is 842. The summed E-state index contributed by atoms with van der Waals surface area (Å²) in [7, 11) is -3.16. The van der Waals surface area contributed by atoms with Crippen molar-refractivity contribution in [3.63, 3.8) is 0 Å². The molecule has 0 aliphatic heterocycles. The molecule has 0 saturated carbocycles. The van der Waals surface area contributed by atoms with Crippen molar-refractivity contribution >= 4 is 18.7 Å². The Hall–Kier alpha value is -1.94. The van der Waals surface area contributed by atoms with Crippen LogP contribution in [0.4, 0.5) is 0 Å². The van der Waals surface area contributed by atoms with Crippen LogP contribution in [-0.4, -0.2) is 27.4 Å². The van der Waals surface area contributed by atoms with Crippen LogP contribution in [0.15, 0.2) is 86.0 Å². The van der Waals surface area contributed by atoms with Crippen LogP contribution >= 0.6 is 0 Å². The Morgan fingerprint density at radius 3 is 1.96 bits per heavy atom. The summed E-state index contributed by atoms with van der Waals surface area (Å²) < 4.78 is 41.2. The number of nitrogens with one attached hydrogen (secondary N) is 1. The smallest absolute Gasteiger partial charge is 0.261 e. The quantitative estimate of drug-likeness (QED) is 0.439. The van der Waals surface area contributed by atoms with E-state index >= 15 is 0 Å². The molecule has 0 fully saturated rings. The van der Waals surface area contributed by atoms with Gasteiger partial charge in [-0.15, -0.1) is 13.2 Å². The van der Waals surface area contributed by atoms with Gasteiger partial charge in [0.25, 0.3) is 8.32 Å². The molecule has 0 spiro atoms. The maximum atomic E-state index is 9.01. The Morgan fingerprint density at radius 1 is 1.00 bits per heavy atom. The normalized spacial score (nSPS) is 16.2. The van der Waals surface area contributed by atoms with Gasteiger partial charge in [-0.3, -0.25) is 0 Å². The highest BCUT2D eigenvalue weighted by molar-refractivity contribution is 6.99. The molecule has 2 aromatic rings. The van der Waals surface area contributed by atoms with Crippen molar-refractivity contribution < 1.29 is 9.91 Å². The lowest BCUT2D eigenvalue weighted by Crippen LogP contribution is -2.67. The first kappa shape index (κ1) is 17.0. The Balaban J connectivity index is 2.66. The number of hydrogen-bond donors (Lipinski definition) is 1. The van der Waals surface area contributed by atoms with Gasteiger partial charge in [0.1, 0.15) is 0 Å². The molecule has 0 saturated heterocycles. The fourth-order valence-corrected chi connectivity index (χ4v) is 7.62. The summed E-state index contributed by atoms with van der Waals surface area (Å²) in [6.07, 6.45) is 3.34. The molecule has 0 amide bonds. The van der Waals surface area contributed by atoms with E-state index in [1.165, 1.54) is 6.08 Å². The molecular formula is C25H35NOSi. The zero-order chi connectivity index (χ0) is 24.0. The second-order valence-electron chi connectivity index (χ2n) is 7.77. The van der Waals surface area contributed by atoms with E-state index in [4.69, 9.17) is 9.91 Å². The average molecular weight is 398 g/mol. The van der Waals surface area contributed by atoms with Crippen LogP contribution in [0.25, 0.3) is 0 Å². The maximum Gasteiger partial charge on any atom is 0.261 e. The summed E-state index contributed by atoms with van der Waals surface area (Å²) in [5.74, 6) is 0. The molecule has 1 atom stereocenters. The average Bonchev–Trinajstić information content (AvgIpc) is 2.72. The molecule has 0 aliphatic rings. The molecule has 0 bridgehead atoms. The van der Waals surface area contributed by atoms with Gasteiger partial charge >= 0.3 is 0 Å². The topological polar surface area (TPSA) is 21.3 Å². The first-order valence-electron chi connectivity index (χ1n) is 11.7.